The molecule has 0 aliphatic heterocycles. The molecule has 2 saturated carbocycles. The first kappa shape index (κ1) is 11.4. The first-order chi connectivity index (χ1) is 7.13. The lowest BCUT2D eigenvalue weighted by molar-refractivity contribution is 0.188. The van der Waals surface area contributed by atoms with Crippen LogP contribution in [0.4, 0.5) is 0 Å². The van der Waals surface area contributed by atoms with Gasteiger partial charge >= 0.3 is 0 Å². The van der Waals surface area contributed by atoms with Gasteiger partial charge in [-0.25, -0.2) is 0 Å². The van der Waals surface area contributed by atoms with E-state index in [4.69, 9.17) is 10.8 Å². The summed E-state index contributed by atoms with van der Waals surface area (Å²) in [6.45, 7) is 3.45. The highest BCUT2D eigenvalue weighted by molar-refractivity contribution is 5.07. The van der Waals surface area contributed by atoms with E-state index in [0.717, 1.165) is 24.8 Å². The third kappa shape index (κ3) is 2.92. The number of hydrogen-bond acceptors (Lipinski definition) is 3. The number of nitrogens with two attached hydrogens (primary N) is 1. The summed E-state index contributed by atoms with van der Waals surface area (Å²) in [5.41, 5.74) is 6.64. The smallest absolute Gasteiger partial charge is 0.0636 e. The van der Waals surface area contributed by atoms with Gasteiger partial charge in [0.15, 0.2) is 0 Å². The maximum atomic E-state index is 9.13. The largest absolute Gasteiger partial charge is 0.392 e. The lowest BCUT2D eigenvalue weighted by atomic mass is 9.85. The Bertz CT molecular complexity index is 198. The molecule has 0 aromatic carbocycles. The lowest BCUT2D eigenvalue weighted by Gasteiger charge is -2.30. The minimum absolute atomic E-state index is 0.117. The molecule has 0 aromatic rings. The van der Waals surface area contributed by atoms with Crippen molar-refractivity contribution in [3.8, 4) is 0 Å². The molecule has 15 heavy (non-hydrogen) atoms. The SMILES string of the molecule is CC(O)CNCCC(N)(C1CC1)C1CC1. The topological polar surface area (TPSA) is 58.3 Å². The van der Waals surface area contributed by atoms with E-state index in [1.165, 1.54) is 25.7 Å². The van der Waals surface area contributed by atoms with Gasteiger partial charge in [-0.3, -0.25) is 0 Å². The molecular formula is C12H24N2O. The molecule has 0 bridgehead atoms. The molecular weight excluding hydrogens is 188 g/mol. The summed E-state index contributed by atoms with van der Waals surface area (Å²) in [4.78, 5) is 0. The summed E-state index contributed by atoms with van der Waals surface area (Å²) in [7, 11) is 0. The molecule has 2 aliphatic carbocycles. The average Bonchev–Trinajstić information content (AvgIpc) is 3.06. The second-order valence-electron chi connectivity index (χ2n) is 5.46. The predicted molar refractivity (Wildman–Crippen MR) is 61.5 cm³/mol. The highest BCUT2D eigenvalue weighted by Crippen LogP contribution is 2.51. The summed E-state index contributed by atoms with van der Waals surface area (Å²) in [5.74, 6) is 1.58. The molecule has 1 atom stereocenters. The van der Waals surface area contributed by atoms with Gasteiger partial charge in [-0.1, -0.05) is 0 Å². The minimum Gasteiger partial charge on any atom is -0.392 e. The Hall–Kier alpha value is -0.120. The maximum Gasteiger partial charge on any atom is 0.0636 e. The first-order valence-electron chi connectivity index (χ1n) is 6.30. The summed E-state index contributed by atoms with van der Waals surface area (Å²) >= 11 is 0. The van der Waals surface area contributed by atoms with Gasteiger partial charge in [-0.2, -0.15) is 0 Å². The molecule has 2 fully saturated rings. The van der Waals surface area contributed by atoms with E-state index in [0.29, 0.717) is 6.54 Å². The fourth-order valence-corrected chi connectivity index (χ4v) is 2.60. The molecule has 1 unspecified atom stereocenters. The van der Waals surface area contributed by atoms with Crippen LogP contribution in [0.3, 0.4) is 0 Å². The Morgan fingerprint density at radius 2 is 1.87 bits per heavy atom. The molecule has 0 aromatic heterocycles. The Morgan fingerprint density at radius 1 is 1.33 bits per heavy atom. The van der Waals surface area contributed by atoms with Crippen LogP contribution in [0.2, 0.25) is 0 Å². The molecule has 3 nitrogen and oxygen atoms in total. The van der Waals surface area contributed by atoms with Crippen molar-refractivity contribution in [2.24, 2.45) is 17.6 Å². The Balaban J connectivity index is 1.70. The van der Waals surface area contributed by atoms with Crippen molar-refractivity contribution in [2.45, 2.75) is 50.7 Å². The van der Waals surface area contributed by atoms with Crippen molar-refractivity contribution in [1.82, 2.24) is 5.32 Å². The zero-order valence-electron chi connectivity index (χ0n) is 9.71. The molecule has 0 saturated heterocycles. The van der Waals surface area contributed by atoms with Crippen LogP contribution >= 0.6 is 0 Å². The third-order valence-electron chi connectivity index (χ3n) is 3.85. The highest BCUT2D eigenvalue weighted by atomic mass is 16.3. The Kier molecular flexibility index (Phi) is 3.33. The van der Waals surface area contributed by atoms with Crippen LogP contribution in [0.15, 0.2) is 0 Å². The Labute approximate surface area is 92.4 Å². The van der Waals surface area contributed by atoms with Gasteiger partial charge in [0.05, 0.1) is 6.10 Å². The zero-order chi connectivity index (χ0) is 10.9. The van der Waals surface area contributed by atoms with Gasteiger partial charge in [0.1, 0.15) is 0 Å². The molecule has 0 radical (unpaired) electrons. The standard InChI is InChI=1S/C12H24N2O/c1-9(15)8-14-7-6-12(13,10-2-3-10)11-4-5-11/h9-11,14-15H,2-8,13H2,1H3. The summed E-state index contributed by atoms with van der Waals surface area (Å²) in [5, 5.41) is 12.4. The van der Waals surface area contributed by atoms with E-state index in [-0.39, 0.29) is 11.6 Å². The molecule has 0 amide bonds. The molecule has 2 aliphatic rings. The summed E-state index contributed by atoms with van der Waals surface area (Å²) in [6.07, 6.45) is 6.17. The van der Waals surface area contributed by atoms with Gasteiger partial charge in [0.25, 0.3) is 0 Å². The third-order valence-corrected chi connectivity index (χ3v) is 3.85. The molecule has 0 spiro atoms. The van der Waals surface area contributed by atoms with E-state index < -0.39 is 0 Å². The van der Waals surface area contributed by atoms with Crippen molar-refractivity contribution >= 4 is 0 Å². The summed E-state index contributed by atoms with van der Waals surface area (Å²) in [6, 6.07) is 0. The normalized spacial score (nSPS) is 24.2. The fraction of sp³-hybridized carbons (Fsp3) is 1.00. The van der Waals surface area contributed by atoms with Crippen LogP contribution in [-0.4, -0.2) is 29.8 Å². The van der Waals surface area contributed by atoms with Gasteiger partial charge in [-0.15, -0.1) is 0 Å². The van der Waals surface area contributed by atoms with E-state index in [1.54, 1.807) is 0 Å². The van der Waals surface area contributed by atoms with Crippen molar-refractivity contribution in [3.05, 3.63) is 0 Å². The van der Waals surface area contributed by atoms with Gasteiger partial charge < -0.3 is 16.2 Å². The molecule has 3 heteroatoms. The van der Waals surface area contributed by atoms with E-state index in [2.05, 4.69) is 5.32 Å². The quantitative estimate of drug-likeness (QED) is 0.549. The van der Waals surface area contributed by atoms with Crippen molar-refractivity contribution in [1.29, 1.82) is 0 Å². The minimum atomic E-state index is -0.251. The van der Waals surface area contributed by atoms with Gasteiger partial charge in [0, 0.05) is 12.1 Å². The van der Waals surface area contributed by atoms with Crippen molar-refractivity contribution < 1.29 is 5.11 Å². The van der Waals surface area contributed by atoms with E-state index >= 15 is 0 Å². The fourth-order valence-electron chi connectivity index (χ4n) is 2.60. The lowest BCUT2D eigenvalue weighted by Crippen LogP contribution is -2.47. The van der Waals surface area contributed by atoms with Crippen molar-refractivity contribution in [3.63, 3.8) is 0 Å². The second kappa shape index (κ2) is 4.40. The molecule has 2 rings (SSSR count). The monoisotopic (exact) mass is 212 g/mol. The average molecular weight is 212 g/mol. The number of aliphatic hydroxyl groups is 1. The number of nitrogens with one attached hydrogen (secondary N) is 1. The van der Waals surface area contributed by atoms with Crippen LogP contribution < -0.4 is 11.1 Å². The van der Waals surface area contributed by atoms with Crippen LogP contribution in [0, 0.1) is 11.8 Å². The van der Waals surface area contributed by atoms with E-state index in [1.807, 2.05) is 6.92 Å². The number of aliphatic hydroxyl groups excluding tert-OH is 1. The molecule has 88 valence electrons. The van der Waals surface area contributed by atoms with Gasteiger partial charge in [0.2, 0.25) is 0 Å². The maximum absolute atomic E-state index is 9.13. The Morgan fingerprint density at radius 3 is 2.27 bits per heavy atom. The summed E-state index contributed by atoms with van der Waals surface area (Å²) < 4.78 is 0. The van der Waals surface area contributed by atoms with Crippen molar-refractivity contribution in [2.75, 3.05) is 13.1 Å². The molecule has 4 N–H and O–H groups in total. The van der Waals surface area contributed by atoms with Crippen LogP contribution in [0.5, 0.6) is 0 Å². The predicted octanol–water partition coefficient (Wildman–Crippen LogP) is 0.864. The molecule has 0 heterocycles. The first-order valence-corrected chi connectivity index (χ1v) is 6.30. The van der Waals surface area contributed by atoms with E-state index in [9.17, 15) is 0 Å². The van der Waals surface area contributed by atoms with Crippen LogP contribution in [0.1, 0.15) is 39.0 Å². The number of hydrogen-bond donors (Lipinski definition) is 3. The van der Waals surface area contributed by atoms with Gasteiger partial charge in [-0.05, 0) is 57.4 Å². The zero-order valence-corrected chi connectivity index (χ0v) is 9.71. The van der Waals surface area contributed by atoms with Crippen LogP contribution in [0.25, 0.3) is 0 Å². The highest BCUT2D eigenvalue weighted by Gasteiger charge is 2.50. The van der Waals surface area contributed by atoms with Crippen LogP contribution in [-0.2, 0) is 0 Å². The number of rotatable bonds is 7. The second-order valence-corrected chi connectivity index (χ2v) is 5.46.